The molecule has 6 rings (SSSR count). The molecule has 0 spiro atoms. The molecule has 5 unspecified atom stereocenters. The SMILES string of the molecule is C=C(C)c1ccc(OC)c(CNC2C3CCN(CC3C(N)=O)C2C(c2ccccc2)c2ccccc2)c1. The van der Waals surface area contributed by atoms with Gasteiger partial charge < -0.3 is 15.8 Å². The monoisotopic (exact) mass is 495 g/mol. The van der Waals surface area contributed by atoms with Crippen LogP contribution in [-0.4, -0.2) is 43.1 Å². The first kappa shape index (κ1) is 25.2. The fraction of sp³-hybridized carbons (Fsp3) is 0.344. The van der Waals surface area contributed by atoms with E-state index in [0.717, 1.165) is 35.4 Å². The second-order valence-electron chi connectivity index (χ2n) is 10.5. The largest absolute Gasteiger partial charge is 0.496 e. The molecule has 3 aliphatic heterocycles. The number of benzene rings is 3. The molecule has 5 nitrogen and oxygen atoms in total. The van der Waals surface area contributed by atoms with Crippen molar-refractivity contribution in [3.05, 3.63) is 108 Å². The summed E-state index contributed by atoms with van der Waals surface area (Å²) in [7, 11) is 1.71. The van der Waals surface area contributed by atoms with Crippen LogP contribution in [0.2, 0.25) is 0 Å². The van der Waals surface area contributed by atoms with Gasteiger partial charge in [0.2, 0.25) is 5.91 Å². The first-order valence-electron chi connectivity index (χ1n) is 13.2. The van der Waals surface area contributed by atoms with Crippen LogP contribution in [0.25, 0.3) is 5.57 Å². The van der Waals surface area contributed by atoms with E-state index in [9.17, 15) is 4.79 Å². The van der Waals surface area contributed by atoms with Gasteiger partial charge in [-0.1, -0.05) is 78.9 Å². The number of rotatable bonds is 9. The highest BCUT2D eigenvalue weighted by Crippen LogP contribution is 2.44. The second-order valence-corrected chi connectivity index (χ2v) is 10.5. The number of ether oxygens (including phenoxy) is 1. The molecule has 3 aromatic carbocycles. The van der Waals surface area contributed by atoms with E-state index in [1.54, 1.807) is 7.11 Å². The van der Waals surface area contributed by atoms with E-state index in [1.165, 1.54) is 11.1 Å². The van der Waals surface area contributed by atoms with Crippen LogP contribution in [-0.2, 0) is 11.3 Å². The van der Waals surface area contributed by atoms with E-state index in [4.69, 9.17) is 10.5 Å². The Kier molecular flexibility index (Phi) is 7.45. The normalized spacial score (nSPS) is 24.7. The Morgan fingerprint density at radius 1 is 1.08 bits per heavy atom. The van der Waals surface area contributed by atoms with Crippen LogP contribution in [0.5, 0.6) is 5.75 Å². The molecule has 0 saturated carbocycles. The number of nitrogens with zero attached hydrogens (tertiary/aromatic N) is 1. The Morgan fingerprint density at radius 2 is 1.73 bits per heavy atom. The number of primary amides is 1. The van der Waals surface area contributed by atoms with E-state index in [1.807, 2.05) is 19.1 Å². The van der Waals surface area contributed by atoms with E-state index in [-0.39, 0.29) is 35.7 Å². The van der Waals surface area contributed by atoms with Crippen molar-refractivity contribution in [3.63, 3.8) is 0 Å². The van der Waals surface area contributed by atoms with Gasteiger partial charge in [-0.05, 0) is 54.6 Å². The molecule has 3 saturated heterocycles. The van der Waals surface area contributed by atoms with Crippen molar-refractivity contribution in [2.24, 2.45) is 17.6 Å². The number of methoxy groups -OCH3 is 1. The molecule has 37 heavy (non-hydrogen) atoms. The summed E-state index contributed by atoms with van der Waals surface area (Å²) < 4.78 is 5.70. The summed E-state index contributed by atoms with van der Waals surface area (Å²) in [5, 5.41) is 3.91. The highest BCUT2D eigenvalue weighted by molar-refractivity contribution is 5.77. The molecule has 3 fully saturated rings. The van der Waals surface area contributed by atoms with Crippen LogP contribution in [0, 0.1) is 11.8 Å². The van der Waals surface area contributed by atoms with Gasteiger partial charge in [0.25, 0.3) is 0 Å². The van der Waals surface area contributed by atoms with Gasteiger partial charge in [-0.3, -0.25) is 9.69 Å². The van der Waals surface area contributed by atoms with Crippen molar-refractivity contribution in [2.45, 2.75) is 37.9 Å². The van der Waals surface area contributed by atoms with Crippen molar-refractivity contribution in [3.8, 4) is 5.75 Å². The molecule has 3 heterocycles. The molecule has 3 N–H and O–H groups in total. The topological polar surface area (TPSA) is 67.6 Å². The fourth-order valence-electron chi connectivity index (χ4n) is 6.49. The van der Waals surface area contributed by atoms with Crippen molar-refractivity contribution in [1.29, 1.82) is 0 Å². The first-order valence-corrected chi connectivity index (χ1v) is 13.2. The van der Waals surface area contributed by atoms with E-state index in [2.05, 4.69) is 83.5 Å². The molecule has 3 aromatic rings. The smallest absolute Gasteiger partial charge is 0.222 e. The summed E-state index contributed by atoms with van der Waals surface area (Å²) >= 11 is 0. The Labute approximate surface area is 220 Å². The molecule has 3 aliphatic rings. The Bertz CT molecular complexity index is 1200. The molecule has 5 heteroatoms. The lowest BCUT2D eigenvalue weighted by Crippen LogP contribution is -2.68. The lowest BCUT2D eigenvalue weighted by atomic mass is 9.66. The molecule has 1 amide bonds. The lowest BCUT2D eigenvalue weighted by Gasteiger charge is -2.56. The predicted molar refractivity (Wildman–Crippen MR) is 149 cm³/mol. The average molecular weight is 496 g/mol. The third-order valence-corrected chi connectivity index (χ3v) is 8.27. The highest BCUT2D eigenvalue weighted by Gasteiger charge is 2.51. The molecular formula is C32H37N3O2. The number of amides is 1. The van der Waals surface area contributed by atoms with Gasteiger partial charge in [0.15, 0.2) is 0 Å². The van der Waals surface area contributed by atoms with Gasteiger partial charge in [0.1, 0.15) is 5.75 Å². The maximum Gasteiger partial charge on any atom is 0.222 e. The van der Waals surface area contributed by atoms with Crippen molar-refractivity contribution < 1.29 is 9.53 Å². The summed E-state index contributed by atoms with van der Waals surface area (Å²) in [4.78, 5) is 15.0. The zero-order chi connectivity index (χ0) is 25.9. The molecule has 5 atom stereocenters. The van der Waals surface area contributed by atoms with Crippen LogP contribution in [0.3, 0.4) is 0 Å². The number of carbonyl (C=O) groups is 1. The number of nitrogens with two attached hydrogens (primary N) is 1. The van der Waals surface area contributed by atoms with Crippen molar-refractivity contribution in [2.75, 3.05) is 20.2 Å². The number of piperidine rings is 3. The number of nitrogens with one attached hydrogen (secondary N) is 1. The van der Waals surface area contributed by atoms with Gasteiger partial charge in [0.05, 0.1) is 13.0 Å². The van der Waals surface area contributed by atoms with Crippen LogP contribution in [0.4, 0.5) is 0 Å². The fourth-order valence-corrected chi connectivity index (χ4v) is 6.49. The molecule has 0 radical (unpaired) electrons. The summed E-state index contributed by atoms with van der Waals surface area (Å²) in [6.45, 7) is 8.46. The Hall–Kier alpha value is -3.41. The third kappa shape index (κ3) is 5.07. The quantitative estimate of drug-likeness (QED) is 0.447. The van der Waals surface area contributed by atoms with Gasteiger partial charge in [0, 0.05) is 36.7 Å². The molecule has 0 aromatic heterocycles. The summed E-state index contributed by atoms with van der Waals surface area (Å²) in [6, 6.07) is 28.0. The Balaban J connectivity index is 1.54. The highest BCUT2D eigenvalue weighted by atomic mass is 16.5. The van der Waals surface area contributed by atoms with Gasteiger partial charge >= 0.3 is 0 Å². The lowest BCUT2D eigenvalue weighted by molar-refractivity contribution is -0.132. The maximum absolute atomic E-state index is 12.5. The zero-order valence-corrected chi connectivity index (χ0v) is 21.8. The zero-order valence-electron chi connectivity index (χ0n) is 21.8. The summed E-state index contributed by atoms with van der Waals surface area (Å²) in [5.41, 5.74) is 11.7. The first-order chi connectivity index (χ1) is 18.0. The average Bonchev–Trinajstić information content (AvgIpc) is 2.93. The number of hydrogen-bond donors (Lipinski definition) is 2. The minimum absolute atomic E-state index is 0.0867. The van der Waals surface area contributed by atoms with E-state index < -0.39 is 0 Å². The van der Waals surface area contributed by atoms with Crippen molar-refractivity contribution in [1.82, 2.24) is 10.2 Å². The standard InChI is InChI=1S/C32H37N3O2/c1-21(2)24-14-15-28(37-3)25(18-24)19-34-30-26-16-17-35(20-27(26)32(33)36)31(30)29(22-10-6-4-7-11-22)23-12-8-5-9-13-23/h4-15,18,26-27,29-31,34H,1,16-17,19-20H2,2-3H3,(H2,33,36). The van der Waals surface area contributed by atoms with Crippen LogP contribution in [0.1, 0.15) is 41.5 Å². The number of allylic oxidation sites excluding steroid dienone is 1. The van der Waals surface area contributed by atoms with Gasteiger partial charge in [-0.25, -0.2) is 0 Å². The second kappa shape index (κ2) is 10.9. The Morgan fingerprint density at radius 3 is 2.30 bits per heavy atom. The van der Waals surface area contributed by atoms with Gasteiger partial charge in [-0.2, -0.15) is 0 Å². The summed E-state index contributed by atoms with van der Waals surface area (Å²) in [6.07, 6.45) is 0.959. The van der Waals surface area contributed by atoms with Crippen molar-refractivity contribution >= 4 is 11.5 Å². The van der Waals surface area contributed by atoms with E-state index in [0.29, 0.717) is 13.1 Å². The minimum atomic E-state index is -0.196. The van der Waals surface area contributed by atoms with E-state index >= 15 is 0 Å². The molecule has 192 valence electrons. The number of carbonyl (C=O) groups excluding carboxylic acids is 1. The minimum Gasteiger partial charge on any atom is -0.496 e. The number of fused-ring (bicyclic) bond motifs is 3. The predicted octanol–water partition coefficient (Wildman–Crippen LogP) is 4.82. The van der Waals surface area contributed by atoms with Gasteiger partial charge in [-0.15, -0.1) is 0 Å². The van der Waals surface area contributed by atoms with Crippen LogP contribution in [0.15, 0.2) is 85.4 Å². The maximum atomic E-state index is 12.5. The third-order valence-electron chi connectivity index (χ3n) is 8.27. The molecule has 2 bridgehead atoms. The molecular weight excluding hydrogens is 458 g/mol. The molecule has 0 aliphatic carbocycles. The number of hydrogen-bond acceptors (Lipinski definition) is 4. The van der Waals surface area contributed by atoms with Crippen LogP contribution >= 0.6 is 0 Å². The van der Waals surface area contributed by atoms with Crippen LogP contribution < -0.4 is 15.8 Å². The summed E-state index contributed by atoms with van der Waals surface area (Å²) in [5.74, 6) is 0.846.